The Bertz CT molecular complexity index is 411. The molecule has 2 aromatic heterocycles. The van der Waals surface area contributed by atoms with Crippen LogP contribution >= 0.6 is 22.9 Å². The summed E-state index contributed by atoms with van der Waals surface area (Å²) in [6, 6.07) is 4.13. The second-order valence-corrected chi connectivity index (χ2v) is 5.17. The van der Waals surface area contributed by atoms with Crippen molar-refractivity contribution in [1.82, 2.24) is 9.59 Å². The summed E-state index contributed by atoms with van der Waals surface area (Å²) in [5.74, 6) is 0. The molecule has 0 aliphatic rings. The van der Waals surface area contributed by atoms with Gasteiger partial charge in [-0.2, -0.15) is 0 Å². The number of aliphatic hydroxyl groups is 1. The molecule has 1 atom stereocenters. The number of thiophene rings is 1. The minimum absolute atomic E-state index is 0.424. The van der Waals surface area contributed by atoms with E-state index in [0.717, 1.165) is 23.4 Å². The molecule has 0 saturated heterocycles. The van der Waals surface area contributed by atoms with Gasteiger partial charge < -0.3 is 5.11 Å². The zero-order chi connectivity index (χ0) is 10.7. The maximum absolute atomic E-state index is 9.92. The third kappa shape index (κ3) is 2.62. The Morgan fingerprint density at radius 3 is 3.00 bits per heavy atom. The standard InChI is InChI=1S/C10H12N2OS2/c1-7-10(15-12-11-7)9(13)5-4-8-3-2-6-14-8/h2-3,6,9,13H,4-5H2,1H3. The summed E-state index contributed by atoms with van der Waals surface area (Å²) < 4.78 is 3.82. The second-order valence-electron chi connectivity index (χ2n) is 3.36. The van der Waals surface area contributed by atoms with Crippen LogP contribution in [0.5, 0.6) is 0 Å². The van der Waals surface area contributed by atoms with Crippen molar-refractivity contribution >= 4 is 22.9 Å². The fourth-order valence-corrected chi connectivity index (χ4v) is 2.80. The lowest BCUT2D eigenvalue weighted by atomic mass is 10.1. The van der Waals surface area contributed by atoms with Crippen molar-refractivity contribution in [3.63, 3.8) is 0 Å². The highest BCUT2D eigenvalue weighted by Crippen LogP contribution is 2.24. The molecule has 2 heterocycles. The summed E-state index contributed by atoms with van der Waals surface area (Å²) in [5, 5.41) is 15.9. The molecule has 5 heteroatoms. The van der Waals surface area contributed by atoms with Crippen molar-refractivity contribution in [1.29, 1.82) is 0 Å². The summed E-state index contributed by atoms with van der Waals surface area (Å²) in [6.07, 6.45) is 1.23. The van der Waals surface area contributed by atoms with Crippen LogP contribution in [0.1, 0.15) is 28.0 Å². The summed E-state index contributed by atoms with van der Waals surface area (Å²) in [4.78, 5) is 2.20. The lowest BCUT2D eigenvalue weighted by Crippen LogP contribution is -1.98. The minimum atomic E-state index is -0.424. The Balaban J connectivity index is 1.93. The van der Waals surface area contributed by atoms with E-state index in [4.69, 9.17) is 0 Å². The molecule has 3 nitrogen and oxygen atoms in total. The highest BCUT2D eigenvalue weighted by molar-refractivity contribution is 7.09. The van der Waals surface area contributed by atoms with E-state index in [0.29, 0.717) is 0 Å². The first-order valence-electron chi connectivity index (χ1n) is 4.76. The number of nitrogens with zero attached hydrogens (tertiary/aromatic N) is 2. The average Bonchev–Trinajstić information content (AvgIpc) is 2.84. The second kappa shape index (κ2) is 4.83. The summed E-state index contributed by atoms with van der Waals surface area (Å²) in [7, 11) is 0. The van der Waals surface area contributed by atoms with Crippen molar-refractivity contribution in [3.8, 4) is 0 Å². The Labute approximate surface area is 96.6 Å². The zero-order valence-electron chi connectivity index (χ0n) is 8.38. The maximum Gasteiger partial charge on any atom is 0.0920 e. The third-order valence-electron chi connectivity index (χ3n) is 2.23. The van der Waals surface area contributed by atoms with E-state index < -0.39 is 6.10 Å². The Morgan fingerprint density at radius 1 is 1.53 bits per heavy atom. The number of aliphatic hydroxyl groups excluding tert-OH is 1. The molecular weight excluding hydrogens is 228 g/mol. The fraction of sp³-hybridized carbons (Fsp3) is 0.400. The number of aromatic nitrogens is 2. The molecule has 15 heavy (non-hydrogen) atoms. The van der Waals surface area contributed by atoms with Gasteiger partial charge in [-0.05, 0) is 42.7 Å². The highest BCUT2D eigenvalue weighted by Gasteiger charge is 2.14. The van der Waals surface area contributed by atoms with Crippen LogP contribution in [0.15, 0.2) is 17.5 Å². The average molecular weight is 240 g/mol. The molecule has 1 N–H and O–H groups in total. The number of aryl methyl sites for hydroxylation is 2. The van der Waals surface area contributed by atoms with Crippen molar-refractivity contribution in [2.75, 3.05) is 0 Å². The van der Waals surface area contributed by atoms with Crippen LogP contribution in [0.2, 0.25) is 0 Å². The van der Waals surface area contributed by atoms with Crippen LogP contribution in [-0.2, 0) is 6.42 Å². The first-order chi connectivity index (χ1) is 7.27. The molecule has 0 amide bonds. The monoisotopic (exact) mass is 240 g/mol. The Kier molecular flexibility index (Phi) is 3.45. The van der Waals surface area contributed by atoms with Gasteiger partial charge in [-0.1, -0.05) is 10.6 Å². The van der Waals surface area contributed by atoms with E-state index in [1.807, 2.05) is 13.0 Å². The van der Waals surface area contributed by atoms with Crippen LogP contribution in [0.3, 0.4) is 0 Å². The summed E-state index contributed by atoms with van der Waals surface area (Å²) in [5.41, 5.74) is 0.846. The first-order valence-corrected chi connectivity index (χ1v) is 6.42. The molecule has 0 fully saturated rings. The van der Waals surface area contributed by atoms with E-state index in [9.17, 15) is 5.11 Å². The van der Waals surface area contributed by atoms with Gasteiger partial charge in [0.1, 0.15) is 0 Å². The Morgan fingerprint density at radius 2 is 2.40 bits per heavy atom. The van der Waals surface area contributed by atoms with Gasteiger partial charge in [-0.3, -0.25) is 0 Å². The number of hydrogen-bond acceptors (Lipinski definition) is 5. The van der Waals surface area contributed by atoms with Gasteiger partial charge in [-0.25, -0.2) is 0 Å². The number of hydrogen-bond donors (Lipinski definition) is 1. The van der Waals surface area contributed by atoms with Gasteiger partial charge in [-0.15, -0.1) is 16.4 Å². The Hall–Kier alpha value is -0.780. The highest BCUT2D eigenvalue weighted by atomic mass is 32.1. The molecule has 2 aromatic rings. The van der Waals surface area contributed by atoms with Crippen LogP contribution < -0.4 is 0 Å². The van der Waals surface area contributed by atoms with Crippen LogP contribution in [0.4, 0.5) is 0 Å². The van der Waals surface area contributed by atoms with Crippen LogP contribution in [0, 0.1) is 6.92 Å². The van der Waals surface area contributed by atoms with Gasteiger partial charge in [0.05, 0.1) is 16.7 Å². The van der Waals surface area contributed by atoms with E-state index >= 15 is 0 Å². The van der Waals surface area contributed by atoms with E-state index in [2.05, 4.69) is 21.0 Å². The molecular formula is C10H12N2OS2. The molecule has 0 bridgehead atoms. The molecule has 0 spiro atoms. The maximum atomic E-state index is 9.92. The van der Waals surface area contributed by atoms with Crippen molar-refractivity contribution < 1.29 is 5.11 Å². The van der Waals surface area contributed by atoms with Gasteiger partial charge in [0.25, 0.3) is 0 Å². The van der Waals surface area contributed by atoms with Crippen molar-refractivity contribution in [3.05, 3.63) is 33.0 Å². The van der Waals surface area contributed by atoms with Gasteiger partial charge in [0, 0.05) is 4.88 Å². The predicted molar refractivity (Wildman–Crippen MR) is 62.2 cm³/mol. The first kappa shape index (κ1) is 10.7. The van der Waals surface area contributed by atoms with Crippen LogP contribution in [0.25, 0.3) is 0 Å². The normalized spacial score (nSPS) is 12.9. The smallest absolute Gasteiger partial charge is 0.0920 e. The fourth-order valence-electron chi connectivity index (χ4n) is 1.41. The van der Waals surface area contributed by atoms with Crippen molar-refractivity contribution in [2.24, 2.45) is 0 Å². The molecule has 1 unspecified atom stereocenters. The van der Waals surface area contributed by atoms with Gasteiger partial charge in [0.15, 0.2) is 0 Å². The van der Waals surface area contributed by atoms with Gasteiger partial charge >= 0.3 is 0 Å². The molecule has 0 aliphatic heterocycles. The van der Waals surface area contributed by atoms with E-state index in [-0.39, 0.29) is 0 Å². The lowest BCUT2D eigenvalue weighted by Gasteiger charge is -2.06. The molecule has 0 aromatic carbocycles. The quantitative estimate of drug-likeness (QED) is 0.893. The van der Waals surface area contributed by atoms with Crippen molar-refractivity contribution in [2.45, 2.75) is 25.9 Å². The lowest BCUT2D eigenvalue weighted by molar-refractivity contribution is 0.171. The third-order valence-corrected chi connectivity index (χ3v) is 4.10. The van der Waals surface area contributed by atoms with Crippen LogP contribution in [-0.4, -0.2) is 14.7 Å². The SMILES string of the molecule is Cc1nnsc1C(O)CCc1cccs1. The molecule has 0 radical (unpaired) electrons. The topological polar surface area (TPSA) is 46.0 Å². The molecule has 80 valence electrons. The molecule has 0 aliphatic carbocycles. The summed E-state index contributed by atoms with van der Waals surface area (Å²) in [6.45, 7) is 1.88. The van der Waals surface area contributed by atoms with E-state index in [1.165, 1.54) is 16.4 Å². The minimum Gasteiger partial charge on any atom is -0.387 e. The number of rotatable bonds is 4. The van der Waals surface area contributed by atoms with Gasteiger partial charge in [0.2, 0.25) is 0 Å². The van der Waals surface area contributed by atoms with E-state index in [1.54, 1.807) is 11.3 Å². The summed E-state index contributed by atoms with van der Waals surface area (Å²) >= 11 is 3.01. The largest absolute Gasteiger partial charge is 0.387 e. The molecule has 0 saturated carbocycles. The molecule has 2 rings (SSSR count). The zero-order valence-corrected chi connectivity index (χ0v) is 10.0. The predicted octanol–water partition coefficient (Wildman–Crippen LogP) is 2.57.